The van der Waals surface area contributed by atoms with Crippen LogP contribution in [-0.4, -0.2) is 45.0 Å². The van der Waals surface area contributed by atoms with Gasteiger partial charge in [-0.15, -0.1) is 0 Å². The Kier molecular flexibility index (Phi) is 3.86. The summed E-state index contributed by atoms with van der Waals surface area (Å²) in [5.41, 5.74) is -4.04. The number of amides is 2. The first-order valence-electron chi connectivity index (χ1n) is 7.21. The Balaban J connectivity index is 2.00. The molecule has 1 aromatic carbocycles. The van der Waals surface area contributed by atoms with E-state index in [9.17, 15) is 27.2 Å². The van der Waals surface area contributed by atoms with E-state index in [4.69, 9.17) is 0 Å². The van der Waals surface area contributed by atoms with E-state index in [0.29, 0.717) is 0 Å². The number of alkyl halides is 3. The minimum absolute atomic E-state index is 0.0305. The summed E-state index contributed by atoms with van der Waals surface area (Å²) in [6.07, 6.45) is -5.17. The van der Waals surface area contributed by atoms with E-state index < -0.39 is 39.8 Å². The fourth-order valence-electron chi connectivity index (χ4n) is 2.63. The van der Waals surface area contributed by atoms with Crippen molar-refractivity contribution in [3.63, 3.8) is 0 Å². The van der Waals surface area contributed by atoms with Crippen LogP contribution in [0.2, 0.25) is 0 Å². The Morgan fingerprint density at radius 1 is 1.32 bits per heavy atom. The lowest BCUT2D eigenvalue weighted by atomic mass is 10.1. The Hall–Kier alpha value is -2.10. The van der Waals surface area contributed by atoms with Crippen LogP contribution in [0.1, 0.15) is 24.2 Å². The Labute approximate surface area is 144 Å². The molecule has 3 rings (SSSR count). The molecule has 0 radical (unpaired) electrons. The summed E-state index contributed by atoms with van der Waals surface area (Å²) in [5, 5.41) is 1.49. The second kappa shape index (κ2) is 5.45. The summed E-state index contributed by atoms with van der Waals surface area (Å²) in [6.45, 7) is 3.56. The van der Waals surface area contributed by atoms with Crippen LogP contribution in [0.4, 0.5) is 17.6 Å². The van der Waals surface area contributed by atoms with Gasteiger partial charge in [0.05, 0.1) is 5.56 Å². The molecule has 0 bridgehead atoms. The lowest BCUT2D eigenvalue weighted by Gasteiger charge is -2.29. The van der Waals surface area contributed by atoms with Gasteiger partial charge in [-0.2, -0.15) is 13.2 Å². The van der Waals surface area contributed by atoms with Crippen molar-refractivity contribution in [3.8, 4) is 0 Å². The number of benzene rings is 1. The molecule has 25 heavy (non-hydrogen) atoms. The molecule has 0 spiro atoms. The molecule has 134 valence electrons. The molecule has 1 N–H and O–H groups in total. The van der Waals surface area contributed by atoms with Crippen LogP contribution in [0.3, 0.4) is 0 Å². The third-order valence-electron chi connectivity index (χ3n) is 3.78. The smallest absolute Gasteiger partial charge is 0.312 e. The Bertz CT molecular complexity index is 793. The van der Waals surface area contributed by atoms with Crippen molar-refractivity contribution in [1.82, 2.24) is 10.2 Å². The number of nitrogens with one attached hydrogen (secondary N) is 1. The summed E-state index contributed by atoms with van der Waals surface area (Å²) in [6, 6.07) is 4.56. The summed E-state index contributed by atoms with van der Waals surface area (Å²) in [4.78, 5) is 29.0. The van der Waals surface area contributed by atoms with Gasteiger partial charge in [0, 0.05) is 11.3 Å². The third kappa shape index (κ3) is 2.78. The molecule has 1 aromatic rings. The summed E-state index contributed by atoms with van der Waals surface area (Å²) < 4.78 is 54.2. The quantitative estimate of drug-likeness (QED) is 0.808. The second-order valence-electron chi connectivity index (χ2n) is 6.29. The molecule has 1 fully saturated rings. The van der Waals surface area contributed by atoms with Gasteiger partial charge in [0.2, 0.25) is 0 Å². The predicted molar refractivity (Wildman–Crippen MR) is 83.5 cm³/mol. The maximum absolute atomic E-state index is 13.7. The first kappa shape index (κ1) is 17.7. The normalized spacial score (nSPS) is 25.0. The van der Waals surface area contributed by atoms with Crippen molar-refractivity contribution in [1.29, 1.82) is 0 Å². The van der Waals surface area contributed by atoms with Crippen LogP contribution in [0.5, 0.6) is 0 Å². The molecule has 0 saturated carbocycles. The number of fused-ring (bicyclic) bond motifs is 1. The van der Waals surface area contributed by atoms with Crippen molar-refractivity contribution >= 4 is 28.7 Å². The zero-order chi connectivity index (χ0) is 18.6. The molecule has 1 atom stereocenters. The first-order chi connectivity index (χ1) is 11.5. The van der Waals surface area contributed by atoms with Crippen LogP contribution in [0, 0.1) is 5.82 Å². The third-order valence-corrected chi connectivity index (χ3v) is 4.95. The minimum Gasteiger partial charge on any atom is -0.312 e. The Morgan fingerprint density at radius 3 is 2.52 bits per heavy atom. The zero-order valence-corrected chi connectivity index (χ0v) is 14.0. The van der Waals surface area contributed by atoms with Crippen molar-refractivity contribution in [2.45, 2.75) is 30.4 Å². The van der Waals surface area contributed by atoms with Crippen LogP contribution < -0.4 is 5.32 Å². The number of aliphatic imine (C=N–C) groups is 1. The summed E-state index contributed by atoms with van der Waals surface area (Å²) in [5.74, 6) is -3.75. The van der Waals surface area contributed by atoms with E-state index in [1.54, 1.807) is 19.2 Å². The lowest BCUT2D eigenvalue weighted by molar-refractivity contribution is -0.196. The molecule has 10 heteroatoms. The number of nitrogens with zero attached hydrogens (tertiary/aromatic N) is 2. The van der Waals surface area contributed by atoms with Crippen LogP contribution in [0.25, 0.3) is 0 Å². The number of carbonyl (C=O) groups excluding carboxylic acids is 2. The van der Waals surface area contributed by atoms with Crippen LogP contribution >= 0.6 is 11.8 Å². The first-order valence-corrected chi connectivity index (χ1v) is 8.03. The molecule has 2 amide bonds. The fourth-order valence-corrected chi connectivity index (χ4v) is 3.75. The van der Waals surface area contributed by atoms with Crippen molar-refractivity contribution < 1.29 is 27.2 Å². The molecular formula is C15H13F4N3O2S. The second-order valence-corrected chi connectivity index (χ2v) is 7.96. The monoisotopic (exact) mass is 375 g/mol. The summed E-state index contributed by atoms with van der Waals surface area (Å²) >= 11 is 1.02. The van der Waals surface area contributed by atoms with Gasteiger partial charge in [-0.3, -0.25) is 14.5 Å². The molecule has 1 saturated heterocycles. The number of halogens is 4. The fraction of sp³-hybridized carbons (Fsp3) is 0.400. The van der Waals surface area contributed by atoms with Gasteiger partial charge in [0.25, 0.3) is 11.8 Å². The molecule has 2 heterocycles. The average Bonchev–Trinajstić information content (AvgIpc) is 2.91. The average molecular weight is 375 g/mol. The number of rotatable bonds is 2. The maximum Gasteiger partial charge on any atom is 0.442 e. The van der Waals surface area contributed by atoms with Gasteiger partial charge in [-0.05, 0) is 26.0 Å². The number of hydrogen-bond acceptors (Lipinski definition) is 4. The largest absolute Gasteiger partial charge is 0.442 e. The van der Waals surface area contributed by atoms with Gasteiger partial charge < -0.3 is 5.32 Å². The molecule has 0 aliphatic carbocycles. The van der Waals surface area contributed by atoms with Gasteiger partial charge in [-0.25, -0.2) is 9.38 Å². The lowest BCUT2D eigenvalue weighted by Crippen LogP contribution is -2.63. The van der Waals surface area contributed by atoms with Gasteiger partial charge >= 0.3 is 11.8 Å². The number of thioether (sulfide) groups is 1. The highest BCUT2D eigenvalue weighted by molar-refractivity contribution is 8.15. The predicted octanol–water partition coefficient (Wildman–Crippen LogP) is 2.54. The molecule has 0 aromatic heterocycles. The standard InChI is InChI=1S/C15H13F4N3O2S/c1-13(2)7-22-11(24)14(15(17,18)19,21-12(22)25-13)20-10(23)8-5-3-4-6-9(8)16/h3-6H,7H2,1-2H3,(H,20,23). The number of amidine groups is 1. The van der Waals surface area contributed by atoms with Crippen LogP contribution in [0.15, 0.2) is 29.3 Å². The molecule has 1 unspecified atom stereocenters. The molecule has 2 aliphatic rings. The minimum atomic E-state index is -5.17. The molecule has 2 aliphatic heterocycles. The van der Waals surface area contributed by atoms with Crippen molar-refractivity contribution in [2.75, 3.05) is 6.54 Å². The van der Waals surface area contributed by atoms with Crippen molar-refractivity contribution in [3.05, 3.63) is 35.6 Å². The van der Waals surface area contributed by atoms with E-state index in [2.05, 4.69) is 4.99 Å². The molecule has 5 nitrogen and oxygen atoms in total. The van der Waals surface area contributed by atoms with E-state index in [1.165, 1.54) is 12.1 Å². The summed E-state index contributed by atoms with van der Waals surface area (Å²) in [7, 11) is 0. The van der Waals surface area contributed by atoms with Gasteiger partial charge in [0.1, 0.15) is 5.82 Å². The Morgan fingerprint density at radius 2 is 1.96 bits per heavy atom. The van der Waals surface area contributed by atoms with E-state index in [0.717, 1.165) is 28.8 Å². The highest BCUT2D eigenvalue weighted by Gasteiger charge is 2.68. The van der Waals surface area contributed by atoms with E-state index >= 15 is 0 Å². The topological polar surface area (TPSA) is 61.8 Å². The van der Waals surface area contributed by atoms with E-state index in [1.807, 2.05) is 0 Å². The molecular weight excluding hydrogens is 362 g/mol. The van der Waals surface area contributed by atoms with Gasteiger partial charge in [0.15, 0.2) is 5.17 Å². The highest BCUT2D eigenvalue weighted by Crippen LogP contribution is 2.45. The van der Waals surface area contributed by atoms with Crippen molar-refractivity contribution in [2.24, 2.45) is 4.99 Å². The number of carbonyl (C=O) groups is 2. The number of hydrogen-bond donors (Lipinski definition) is 1. The maximum atomic E-state index is 13.7. The highest BCUT2D eigenvalue weighted by atomic mass is 32.2. The van der Waals surface area contributed by atoms with E-state index in [-0.39, 0.29) is 11.7 Å². The zero-order valence-electron chi connectivity index (χ0n) is 13.1. The van der Waals surface area contributed by atoms with Crippen LogP contribution in [-0.2, 0) is 4.79 Å². The van der Waals surface area contributed by atoms with Gasteiger partial charge in [-0.1, -0.05) is 23.9 Å². The SMILES string of the molecule is CC1(C)CN2C(=O)C(NC(=O)c3ccccc3F)(C(F)(F)F)N=C2S1.